The average Bonchev–Trinajstić information content (AvgIpc) is 2.94. The van der Waals surface area contributed by atoms with Crippen molar-refractivity contribution >= 4 is 0 Å². The number of allylic oxidation sites excluding steroid dienone is 2. The molecule has 2 aliphatic rings. The van der Waals surface area contributed by atoms with E-state index in [1.54, 1.807) is 12.1 Å². The van der Waals surface area contributed by atoms with Gasteiger partial charge in [0, 0.05) is 0 Å². The highest BCUT2D eigenvalue weighted by Gasteiger charge is 2.33. The van der Waals surface area contributed by atoms with Gasteiger partial charge in [0.05, 0.1) is 12.2 Å². The van der Waals surface area contributed by atoms with E-state index >= 15 is 0 Å². The van der Waals surface area contributed by atoms with Crippen LogP contribution in [0.3, 0.4) is 0 Å². The summed E-state index contributed by atoms with van der Waals surface area (Å²) in [4.78, 5) is 0. The zero-order valence-corrected chi connectivity index (χ0v) is 22.9. The molecule has 2 aromatic carbocycles. The Morgan fingerprint density at radius 3 is 1.86 bits per heavy atom. The molecule has 3 heteroatoms. The summed E-state index contributed by atoms with van der Waals surface area (Å²) in [5.41, 5.74) is 3.59. The molecule has 0 spiro atoms. The van der Waals surface area contributed by atoms with Gasteiger partial charge < -0.3 is 4.74 Å². The minimum atomic E-state index is -3.26. The molecule has 2 saturated carbocycles. The highest BCUT2D eigenvalue weighted by Crippen LogP contribution is 2.39. The summed E-state index contributed by atoms with van der Waals surface area (Å²) in [6, 6.07) is 15.5. The maximum absolute atomic E-state index is 14.8. The molecule has 0 radical (unpaired) electrons. The summed E-state index contributed by atoms with van der Waals surface area (Å²) in [7, 11) is 0. The second-order valence-corrected chi connectivity index (χ2v) is 11.5. The maximum atomic E-state index is 14.8. The molecule has 0 unspecified atom stereocenters. The SMILES string of the molecule is C/C=C/CCC1CCC(c2ccc(C(F)(F)OCCc3ccc(C4CCC(CC)CC4)cc3)cc2)CC1. The molecule has 4 rings (SSSR count). The first-order chi connectivity index (χ1) is 18.0. The van der Waals surface area contributed by atoms with Gasteiger partial charge in [-0.1, -0.05) is 74.0 Å². The second kappa shape index (κ2) is 13.7. The van der Waals surface area contributed by atoms with Gasteiger partial charge in [0.15, 0.2) is 0 Å². The molecule has 0 N–H and O–H groups in total. The largest absolute Gasteiger partial charge is 0.383 e. The number of hydrogen-bond donors (Lipinski definition) is 0. The summed E-state index contributed by atoms with van der Waals surface area (Å²) in [5.74, 6) is 2.84. The van der Waals surface area contributed by atoms with Gasteiger partial charge in [-0.3, -0.25) is 0 Å². The van der Waals surface area contributed by atoms with E-state index in [1.807, 2.05) is 12.1 Å². The van der Waals surface area contributed by atoms with Gasteiger partial charge in [-0.25, -0.2) is 0 Å². The Labute approximate surface area is 223 Å². The van der Waals surface area contributed by atoms with Crippen LogP contribution in [-0.4, -0.2) is 6.61 Å². The molecule has 0 atom stereocenters. The number of alkyl halides is 2. The Bertz CT molecular complexity index is 946. The monoisotopic (exact) mass is 508 g/mol. The van der Waals surface area contributed by atoms with Gasteiger partial charge in [0.1, 0.15) is 0 Å². The lowest BCUT2D eigenvalue weighted by molar-refractivity contribution is -0.248. The van der Waals surface area contributed by atoms with Crippen molar-refractivity contribution in [2.45, 2.75) is 109 Å². The minimum Gasteiger partial charge on any atom is -0.316 e. The first-order valence-electron chi connectivity index (χ1n) is 14.8. The Morgan fingerprint density at radius 1 is 0.784 bits per heavy atom. The van der Waals surface area contributed by atoms with E-state index in [4.69, 9.17) is 4.74 Å². The van der Waals surface area contributed by atoms with Gasteiger partial charge in [0.2, 0.25) is 0 Å². The summed E-state index contributed by atoms with van der Waals surface area (Å²) in [6.45, 7) is 4.37. The first kappa shape index (κ1) is 28.0. The van der Waals surface area contributed by atoms with Gasteiger partial charge in [-0.05, 0) is 118 Å². The normalized spacial score (nSPS) is 25.0. The quantitative estimate of drug-likeness (QED) is 0.274. The molecule has 37 heavy (non-hydrogen) atoms. The third-order valence-electron chi connectivity index (χ3n) is 9.09. The van der Waals surface area contributed by atoms with Crippen LogP contribution in [0.15, 0.2) is 60.7 Å². The third kappa shape index (κ3) is 7.99. The van der Waals surface area contributed by atoms with Gasteiger partial charge in [-0.15, -0.1) is 0 Å². The van der Waals surface area contributed by atoms with Gasteiger partial charge in [0.25, 0.3) is 0 Å². The van der Waals surface area contributed by atoms with Crippen molar-refractivity contribution in [3.8, 4) is 0 Å². The maximum Gasteiger partial charge on any atom is 0.383 e. The predicted octanol–water partition coefficient (Wildman–Crippen LogP) is 10.3. The highest BCUT2D eigenvalue weighted by molar-refractivity contribution is 5.28. The molecular weight excluding hydrogens is 462 g/mol. The molecule has 0 amide bonds. The molecule has 1 nitrogen and oxygen atoms in total. The van der Waals surface area contributed by atoms with E-state index in [-0.39, 0.29) is 12.2 Å². The van der Waals surface area contributed by atoms with Crippen LogP contribution >= 0.6 is 0 Å². The van der Waals surface area contributed by atoms with Crippen LogP contribution in [0.4, 0.5) is 8.78 Å². The Morgan fingerprint density at radius 2 is 1.32 bits per heavy atom. The Hall–Kier alpha value is -2.00. The van der Waals surface area contributed by atoms with Crippen molar-refractivity contribution in [3.63, 3.8) is 0 Å². The molecule has 0 aromatic heterocycles. The van der Waals surface area contributed by atoms with Crippen molar-refractivity contribution in [1.29, 1.82) is 0 Å². The van der Waals surface area contributed by atoms with E-state index in [1.165, 1.54) is 68.9 Å². The summed E-state index contributed by atoms with van der Waals surface area (Å²) >= 11 is 0. The molecule has 2 aliphatic carbocycles. The lowest BCUT2D eigenvalue weighted by Gasteiger charge is -2.29. The summed E-state index contributed by atoms with van der Waals surface area (Å²) in [5, 5.41) is 0. The number of rotatable bonds is 11. The van der Waals surface area contributed by atoms with Crippen LogP contribution < -0.4 is 0 Å². The molecule has 2 aromatic rings. The second-order valence-electron chi connectivity index (χ2n) is 11.5. The van der Waals surface area contributed by atoms with Gasteiger partial charge >= 0.3 is 6.11 Å². The smallest absolute Gasteiger partial charge is 0.316 e. The number of ether oxygens (including phenoxy) is 1. The van der Waals surface area contributed by atoms with Crippen molar-refractivity contribution in [2.75, 3.05) is 6.61 Å². The fourth-order valence-corrected chi connectivity index (χ4v) is 6.47. The fourth-order valence-electron chi connectivity index (χ4n) is 6.47. The summed E-state index contributed by atoms with van der Waals surface area (Å²) < 4.78 is 34.6. The lowest BCUT2D eigenvalue weighted by Crippen LogP contribution is -2.20. The Balaban J connectivity index is 1.21. The van der Waals surface area contributed by atoms with E-state index in [9.17, 15) is 8.78 Å². The predicted molar refractivity (Wildman–Crippen MR) is 150 cm³/mol. The number of halogens is 2. The van der Waals surface area contributed by atoms with Crippen LogP contribution in [0.25, 0.3) is 0 Å². The Kier molecular flexibility index (Phi) is 10.4. The fraction of sp³-hybridized carbons (Fsp3) is 0.588. The molecular formula is C34H46F2O. The average molecular weight is 509 g/mol. The van der Waals surface area contributed by atoms with E-state index in [0.717, 1.165) is 30.2 Å². The third-order valence-corrected chi connectivity index (χ3v) is 9.09. The molecule has 202 valence electrons. The van der Waals surface area contributed by atoms with Crippen molar-refractivity contribution < 1.29 is 13.5 Å². The van der Waals surface area contributed by atoms with E-state index in [0.29, 0.717) is 18.3 Å². The van der Waals surface area contributed by atoms with Crippen LogP contribution in [0.5, 0.6) is 0 Å². The number of hydrogen-bond acceptors (Lipinski definition) is 1. The first-order valence-corrected chi connectivity index (χ1v) is 14.8. The molecule has 0 saturated heterocycles. The zero-order valence-electron chi connectivity index (χ0n) is 22.9. The topological polar surface area (TPSA) is 9.23 Å². The molecule has 0 aliphatic heterocycles. The highest BCUT2D eigenvalue weighted by atomic mass is 19.3. The molecule has 0 bridgehead atoms. The van der Waals surface area contributed by atoms with Crippen LogP contribution in [0.1, 0.15) is 119 Å². The van der Waals surface area contributed by atoms with Crippen molar-refractivity contribution in [3.05, 3.63) is 82.9 Å². The molecule has 2 fully saturated rings. The lowest BCUT2D eigenvalue weighted by atomic mass is 9.77. The zero-order chi connectivity index (χ0) is 26.1. The van der Waals surface area contributed by atoms with Crippen molar-refractivity contribution in [2.24, 2.45) is 11.8 Å². The summed E-state index contributed by atoms with van der Waals surface area (Å²) in [6.07, 6.45) is 15.3. The van der Waals surface area contributed by atoms with Crippen molar-refractivity contribution in [1.82, 2.24) is 0 Å². The van der Waals surface area contributed by atoms with E-state index in [2.05, 4.69) is 50.3 Å². The molecule has 0 heterocycles. The van der Waals surface area contributed by atoms with Crippen LogP contribution in [0.2, 0.25) is 0 Å². The van der Waals surface area contributed by atoms with Crippen LogP contribution in [0, 0.1) is 11.8 Å². The van der Waals surface area contributed by atoms with Gasteiger partial charge in [-0.2, -0.15) is 8.78 Å². The van der Waals surface area contributed by atoms with Crippen LogP contribution in [-0.2, 0) is 17.3 Å². The minimum absolute atomic E-state index is 0.00688. The van der Waals surface area contributed by atoms with E-state index < -0.39 is 6.11 Å². The standard InChI is InChI=1S/C34H46F2O/c1-3-5-6-7-27-10-16-31(17-11-27)32-20-22-33(23-21-32)34(35,36)37-25-24-28-12-18-30(19-13-28)29-14-8-26(4-2)9-15-29/h3,5,12-13,18-23,26-27,29,31H,4,6-11,14-17,24-25H2,1-2H3/b5-3+. The number of benzene rings is 2.